The van der Waals surface area contributed by atoms with Gasteiger partial charge in [-0.1, -0.05) is 0 Å². The predicted molar refractivity (Wildman–Crippen MR) is 80.8 cm³/mol. The molecule has 2 rings (SSSR count). The quantitative estimate of drug-likeness (QED) is 0.788. The molecule has 0 aromatic rings. The van der Waals surface area contributed by atoms with Crippen molar-refractivity contribution in [2.24, 2.45) is 5.92 Å². The van der Waals surface area contributed by atoms with Crippen LogP contribution in [0.15, 0.2) is 0 Å². The fraction of sp³-hybridized carbons (Fsp3) is 0.938. The van der Waals surface area contributed by atoms with Crippen LogP contribution < -0.4 is 5.32 Å². The Balaban J connectivity index is 1.66. The van der Waals surface area contributed by atoms with Gasteiger partial charge in [-0.15, -0.1) is 0 Å². The Kier molecular flexibility index (Phi) is 5.30. The Morgan fingerprint density at radius 1 is 1.30 bits per heavy atom. The molecule has 20 heavy (non-hydrogen) atoms. The molecule has 1 saturated heterocycles. The molecule has 2 aliphatic rings. The minimum atomic E-state index is -0.391. The van der Waals surface area contributed by atoms with Gasteiger partial charge in [0.1, 0.15) is 5.60 Å². The van der Waals surface area contributed by atoms with Crippen molar-refractivity contribution in [1.29, 1.82) is 0 Å². The van der Waals surface area contributed by atoms with E-state index in [1.807, 2.05) is 25.7 Å². The summed E-state index contributed by atoms with van der Waals surface area (Å²) >= 11 is 0. The number of hydrogen-bond acceptors (Lipinski definition) is 3. The first-order chi connectivity index (χ1) is 9.44. The summed E-state index contributed by atoms with van der Waals surface area (Å²) in [6, 6.07) is 0.805. The van der Waals surface area contributed by atoms with E-state index < -0.39 is 5.60 Å². The van der Waals surface area contributed by atoms with Crippen LogP contribution in [0.4, 0.5) is 4.79 Å². The van der Waals surface area contributed by atoms with E-state index in [1.165, 1.54) is 32.1 Å². The number of carbonyl (C=O) groups is 1. The van der Waals surface area contributed by atoms with Crippen molar-refractivity contribution in [3.63, 3.8) is 0 Å². The maximum atomic E-state index is 12.1. The third kappa shape index (κ3) is 5.70. The zero-order valence-electron chi connectivity index (χ0n) is 13.3. The van der Waals surface area contributed by atoms with E-state index in [0.29, 0.717) is 5.92 Å². The number of amides is 1. The number of piperidine rings is 1. The lowest BCUT2D eigenvalue weighted by molar-refractivity contribution is 0.0161. The molecule has 1 unspecified atom stereocenters. The highest BCUT2D eigenvalue weighted by Gasteiger charge is 2.27. The van der Waals surface area contributed by atoms with Gasteiger partial charge in [-0.25, -0.2) is 4.79 Å². The number of rotatable bonds is 5. The van der Waals surface area contributed by atoms with E-state index in [4.69, 9.17) is 4.74 Å². The molecular weight excluding hydrogens is 252 g/mol. The van der Waals surface area contributed by atoms with Crippen molar-refractivity contribution in [2.75, 3.05) is 19.6 Å². The van der Waals surface area contributed by atoms with Crippen molar-refractivity contribution in [3.8, 4) is 0 Å². The summed E-state index contributed by atoms with van der Waals surface area (Å²) in [5, 5.41) is 3.56. The summed E-state index contributed by atoms with van der Waals surface area (Å²) in [5.74, 6) is 0.650. The Morgan fingerprint density at radius 2 is 2.05 bits per heavy atom. The van der Waals surface area contributed by atoms with Crippen LogP contribution in [0.5, 0.6) is 0 Å². The Morgan fingerprint density at radius 3 is 2.70 bits per heavy atom. The maximum Gasteiger partial charge on any atom is 0.410 e. The second-order valence-corrected chi connectivity index (χ2v) is 7.31. The molecule has 0 bridgehead atoms. The second kappa shape index (κ2) is 6.79. The lowest BCUT2D eigenvalue weighted by Gasteiger charge is -2.34. The maximum absolute atomic E-state index is 12.1. The molecule has 2 fully saturated rings. The molecule has 0 radical (unpaired) electrons. The number of nitrogens with zero attached hydrogens (tertiary/aromatic N) is 1. The van der Waals surface area contributed by atoms with Crippen LogP contribution in [0.3, 0.4) is 0 Å². The first-order valence-electron chi connectivity index (χ1n) is 8.15. The van der Waals surface area contributed by atoms with Crippen LogP contribution in [0.2, 0.25) is 0 Å². The number of nitrogens with one attached hydrogen (secondary N) is 1. The molecule has 1 aliphatic heterocycles. The van der Waals surface area contributed by atoms with Crippen LogP contribution >= 0.6 is 0 Å². The minimum absolute atomic E-state index is 0.140. The molecule has 4 heteroatoms. The van der Waals surface area contributed by atoms with Gasteiger partial charge >= 0.3 is 6.09 Å². The molecule has 0 spiro atoms. The lowest BCUT2D eigenvalue weighted by Crippen LogP contribution is -2.43. The molecule has 1 aliphatic carbocycles. The van der Waals surface area contributed by atoms with Gasteiger partial charge in [0.25, 0.3) is 0 Å². The third-order valence-electron chi connectivity index (χ3n) is 3.97. The summed E-state index contributed by atoms with van der Waals surface area (Å²) in [6.45, 7) is 8.64. The van der Waals surface area contributed by atoms with Crippen LogP contribution in [0, 0.1) is 5.92 Å². The average Bonchev–Trinajstić information content (AvgIpc) is 3.17. The predicted octanol–water partition coefficient (Wildman–Crippen LogP) is 3.17. The summed E-state index contributed by atoms with van der Waals surface area (Å²) in [7, 11) is 0. The van der Waals surface area contributed by atoms with Crippen molar-refractivity contribution >= 4 is 6.09 Å². The van der Waals surface area contributed by atoms with E-state index in [1.54, 1.807) is 0 Å². The van der Waals surface area contributed by atoms with Crippen LogP contribution in [-0.2, 0) is 4.74 Å². The number of likely N-dealkylation sites (tertiary alicyclic amines) is 1. The summed E-state index contributed by atoms with van der Waals surface area (Å²) in [4.78, 5) is 14.0. The van der Waals surface area contributed by atoms with Crippen molar-refractivity contribution < 1.29 is 9.53 Å². The highest BCUT2D eigenvalue weighted by Crippen LogP contribution is 2.23. The fourth-order valence-corrected chi connectivity index (χ4v) is 2.78. The molecule has 1 heterocycles. The van der Waals surface area contributed by atoms with Gasteiger partial charge in [-0.2, -0.15) is 0 Å². The van der Waals surface area contributed by atoms with Gasteiger partial charge in [0.2, 0.25) is 0 Å². The van der Waals surface area contributed by atoms with E-state index in [9.17, 15) is 4.79 Å². The van der Waals surface area contributed by atoms with Gasteiger partial charge in [0.05, 0.1) is 0 Å². The largest absolute Gasteiger partial charge is 0.444 e. The van der Waals surface area contributed by atoms with Crippen LogP contribution in [0.25, 0.3) is 0 Å². The topological polar surface area (TPSA) is 41.6 Å². The Hall–Kier alpha value is -0.770. The van der Waals surface area contributed by atoms with Crippen molar-refractivity contribution in [2.45, 2.75) is 70.9 Å². The average molecular weight is 282 g/mol. The molecule has 0 aromatic heterocycles. The van der Waals surface area contributed by atoms with E-state index in [0.717, 1.165) is 32.1 Å². The number of carbonyl (C=O) groups excluding carboxylic acids is 1. The van der Waals surface area contributed by atoms with Gasteiger partial charge in [0, 0.05) is 19.1 Å². The molecule has 0 aromatic carbocycles. The lowest BCUT2D eigenvalue weighted by atomic mass is 9.93. The molecule has 4 nitrogen and oxygen atoms in total. The molecule has 1 atom stereocenters. The minimum Gasteiger partial charge on any atom is -0.444 e. The van der Waals surface area contributed by atoms with Crippen molar-refractivity contribution in [3.05, 3.63) is 0 Å². The monoisotopic (exact) mass is 282 g/mol. The smallest absolute Gasteiger partial charge is 0.410 e. The van der Waals surface area contributed by atoms with E-state index in [-0.39, 0.29) is 6.09 Å². The fourth-order valence-electron chi connectivity index (χ4n) is 2.78. The molecule has 1 N–H and O–H groups in total. The standard InChI is InChI=1S/C16H30N2O2/c1-16(2,3)20-15(19)18-11-5-7-13(12-18)6-4-10-17-14-8-9-14/h13-14,17H,4-12H2,1-3H3. The molecule has 1 amide bonds. The summed E-state index contributed by atoms with van der Waals surface area (Å²) in [6.07, 6.45) is 7.38. The second-order valence-electron chi connectivity index (χ2n) is 7.31. The Bertz CT molecular complexity index is 321. The normalized spacial score (nSPS) is 23.8. The van der Waals surface area contributed by atoms with E-state index in [2.05, 4.69) is 5.32 Å². The molecule has 1 saturated carbocycles. The van der Waals surface area contributed by atoms with E-state index >= 15 is 0 Å². The first-order valence-corrected chi connectivity index (χ1v) is 8.15. The highest BCUT2D eigenvalue weighted by molar-refractivity contribution is 5.68. The van der Waals surface area contributed by atoms with Gasteiger partial charge in [-0.3, -0.25) is 0 Å². The van der Waals surface area contributed by atoms with Crippen LogP contribution in [0.1, 0.15) is 59.3 Å². The third-order valence-corrected chi connectivity index (χ3v) is 3.97. The molecular formula is C16H30N2O2. The van der Waals surface area contributed by atoms with Crippen LogP contribution in [-0.4, -0.2) is 42.3 Å². The SMILES string of the molecule is CC(C)(C)OC(=O)N1CCCC(CCCNC2CC2)C1. The summed E-state index contributed by atoms with van der Waals surface area (Å²) in [5.41, 5.74) is -0.391. The van der Waals surface area contributed by atoms with Gasteiger partial charge < -0.3 is 15.0 Å². The number of ether oxygens (including phenoxy) is 1. The first kappa shape index (κ1) is 15.6. The Labute approximate surface area is 123 Å². The van der Waals surface area contributed by atoms with Gasteiger partial charge in [-0.05, 0) is 71.8 Å². The molecule has 116 valence electrons. The zero-order valence-corrected chi connectivity index (χ0v) is 13.3. The summed E-state index contributed by atoms with van der Waals surface area (Å²) < 4.78 is 5.47. The highest BCUT2D eigenvalue weighted by atomic mass is 16.6. The number of hydrogen-bond donors (Lipinski definition) is 1. The zero-order chi connectivity index (χ0) is 14.6. The van der Waals surface area contributed by atoms with Gasteiger partial charge in [0.15, 0.2) is 0 Å². The van der Waals surface area contributed by atoms with Crippen molar-refractivity contribution in [1.82, 2.24) is 10.2 Å².